The summed E-state index contributed by atoms with van der Waals surface area (Å²) in [6, 6.07) is 6.24. The number of hydrogen-bond acceptors (Lipinski definition) is 8. The van der Waals surface area contributed by atoms with Gasteiger partial charge in [-0.15, -0.1) is 0 Å². The van der Waals surface area contributed by atoms with Gasteiger partial charge < -0.3 is 19.4 Å². The first-order valence-corrected chi connectivity index (χ1v) is 12.6. The van der Waals surface area contributed by atoms with Crippen LogP contribution in [0, 0.1) is 11.3 Å². The van der Waals surface area contributed by atoms with Crippen LogP contribution < -0.4 is 4.90 Å². The van der Waals surface area contributed by atoms with Crippen molar-refractivity contribution in [2.45, 2.75) is 12.5 Å². The van der Waals surface area contributed by atoms with Gasteiger partial charge in [-0.3, -0.25) is 4.68 Å². The summed E-state index contributed by atoms with van der Waals surface area (Å²) in [6.45, 7) is 4.11. The van der Waals surface area contributed by atoms with Crippen molar-refractivity contribution in [2.24, 2.45) is 7.05 Å². The number of hydrogen-bond donors (Lipinski definition) is 0. The van der Waals surface area contributed by atoms with E-state index in [0.29, 0.717) is 55.2 Å². The van der Waals surface area contributed by atoms with Gasteiger partial charge in [-0.25, -0.2) is 19.3 Å². The Bertz CT molecular complexity index is 1510. The largest absolute Gasteiger partial charge is 0.380 e. The number of ether oxygens (including phenoxy) is 1. The number of aromatic nitrogens is 6. The van der Waals surface area contributed by atoms with Crippen LogP contribution in [0.3, 0.4) is 0 Å². The van der Waals surface area contributed by atoms with Gasteiger partial charge in [-0.1, -0.05) is 0 Å². The summed E-state index contributed by atoms with van der Waals surface area (Å²) < 4.78 is 8.80. The molecule has 2 saturated heterocycles. The van der Waals surface area contributed by atoms with E-state index in [1.807, 2.05) is 35.2 Å². The van der Waals surface area contributed by atoms with E-state index < -0.39 is 0 Å². The molecule has 4 aromatic heterocycles. The average molecular weight is 513 g/mol. The average Bonchev–Trinajstić information content (AvgIpc) is 3.72. The number of carbonyl (C=O) groups is 1. The lowest BCUT2D eigenvalue weighted by atomic mass is 10.1. The summed E-state index contributed by atoms with van der Waals surface area (Å²) >= 11 is 0. The third kappa shape index (κ3) is 4.31. The van der Waals surface area contributed by atoms with Crippen LogP contribution in [0.2, 0.25) is 0 Å². The van der Waals surface area contributed by atoms with Gasteiger partial charge in [-0.05, 0) is 18.6 Å². The molecule has 0 aromatic carbocycles. The van der Waals surface area contributed by atoms with Gasteiger partial charge in [0.15, 0.2) is 0 Å². The number of anilines is 1. The molecular weight excluding hydrogens is 484 g/mol. The maximum absolute atomic E-state index is 12.9. The fourth-order valence-corrected chi connectivity index (χ4v) is 5.12. The summed E-state index contributed by atoms with van der Waals surface area (Å²) in [6.07, 6.45) is 9.79. The third-order valence-electron chi connectivity index (χ3n) is 7.26. The van der Waals surface area contributed by atoms with Crippen molar-refractivity contribution < 1.29 is 9.53 Å². The number of fused-ring (bicyclic) bond motifs is 1. The first-order valence-electron chi connectivity index (χ1n) is 12.6. The van der Waals surface area contributed by atoms with E-state index in [2.05, 4.69) is 21.2 Å². The van der Waals surface area contributed by atoms with Gasteiger partial charge in [0.2, 0.25) is 0 Å². The molecule has 0 unspecified atom stereocenters. The van der Waals surface area contributed by atoms with Gasteiger partial charge in [-0.2, -0.15) is 15.5 Å². The molecule has 6 heterocycles. The van der Waals surface area contributed by atoms with Crippen molar-refractivity contribution in [3.63, 3.8) is 0 Å². The zero-order valence-corrected chi connectivity index (χ0v) is 21.4. The Balaban J connectivity index is 1.21. The lowest BCUT2D eigenvalue weighted by Crippen LogP contribution is -2.52. The molecule has 1 atom stereocenters. The number of nitrogens with zero attached hydrogens (tertiary/aromatic N) is 10. The lowest BCUT2D eigenvalue weighted by molar-refractivity contribution is 0.105. The number of carbonyl (C=O) groups excluding carboxylic acids is 1. The monoisotopic (exact) mass is 512 g/mol. The van der Waals surface area contributed by atoms with E-state index >= 15 is 0 Å². The molecule has 4 aromatic rings. The van der Waals surface area contributed by atoms with Crippen molar-refractivity contribution in [3.8, 4) is 28.6 Å². The summed E-state index contributed by atoms with van der Waals surface area (Å²) in [7, 11) is 3.55. The molecule has 12 nitrogen and oxygen atoms in total. The van der Waals surface area contributed by atoms with Gasteiger partial charge in [0.1, 0.15) is 23.0 Å². The number of nitriles is 1. The van der Waals surface area contributed by atoms with Gasteiger partial charge in [0, 0.05) is 76.9 Å². The summed E-state index contributed by atoms with van der Waals surface area (Å²) in [5.74, 6) is 0.843. The van der Waals surface area contributed by atoms with Crippen LogP contribution in [0.4, 0.5) is 10.6 Å². The maximum Gasteiger partial charge on any atom is 0.320 e. The van der Waals surface area contributed by atoms with Crippen LogP contribution in [-0.4, -0.2) is 97.7 Å². The fourth-order valence-electron chi connectivity index (χ4n) is 5.12. The lowest BCUT2D eigenvalue weighted by Gasteiger charge is -2.37. The topological polar surface area (TPSA) is 121 Å². The molecule has 0 N–H and O–H groups in total. The van der Waals surface area contributed by atoms with Crippen molar-refractivity contribution in [1.29, 1.82) is 5.26 Å². The maximum atomic E-state index is 12.9. The fraction of sp³-hybridized carbons (Fsp3) is 0.385. The zero-order valence-electron chi connectivity index (χ0n) is 21.4. The molecule has 0 saturated carbocycles. The second-order valence-corrected chi connectivity index (χ2v) is 9.59. The highest BCUT2D eigenvalue weighted by Crippen LogP contribution is 2.29. The Kier molecular flexibility index (Phi) is 6.13. The number of pyridine rings is 1. The van der Waals surface area contributed by atoms with E-state index in [-0.39, 0.29) is 12.1 Å². The minimum atomic E-state index is 0.0881. The Morgan fingerprint density at radius 2 is 1.87 bits per heavy atom. The van der Waals surface area contributed by atoms with E-state index in [9.17, 15) is 10.1 Å². The normalized spacial score (nSPS) is 17.8. The van der Waals surface area contributed by atoms with Crippen molar-refractivity contribution in [2.75, 3.05) is 51.3 Å². The number of aryl methyl sites for hydroxylation is 1. The first kappa shape index (κ1) is 23.9. The van der Waals surface area contributed by atoms with Crippen LogP contribution in [0.15, 0.2) is 43.1 Å². The predicted molar refractivity (Wildman–Crippen MR) is 139 cm³/mol. The van der Waals surface area contributed by atoms with Crippen molar-refractivity contribution >= 4 is 17.4 Å². The van der Waals surface area contributed by atoms with Crippen molar-refractivity contribution in [3.05, 3.63) is 48.7 Å². The Morgan fingerprint density at radius 3 is 2.53 bits per heavy atom. The van der Waals surface area contributed by atoms with Crippen LogP contribution in [-0.2, 0) is 11.8 Å². The highest BCUT2D eigenvalue weighted by atomic mass is 16.5. The standard InChI is InChI=1S/C26H28N10O2/c1-32-15-20(14-29-32)22-17-36-25(19(11-27)13-30-36)24(31-22)18-3-4-23(28-12-18)33-7-9-34(10-8-33)26(37)35-6-5-21(16-35)38-2/h3-4,12-15,17,21H,5-10,16H2,1-2H3/t21-/m0/s1. The van der Waals surface area contributed by atoms with Crippen LogP contribution in [0.5, 0.6) is 0 Å². The number of piperazine rings is 1. The highest BCUT2D eigenvalue weighted by Gasteiger charge is 2.31. The summed E-state index contributed by atoms with van der Waals surface area (Å²) in [4.78, 5) is 28.5. The van der Waals surface area contributed by atoms with Crippen LogP contribution in [0.25, 0.3) is 28.0 Å². The second-order valence-electron chi connectivity index (χ2n) is 9.59. The van der Waals surface area contributed by atoms with Crippen molar-refractivity contribution in [1.82, 2.24) is 39.2 Å². The molecule has 38 heavy (non-hydrogen) atoms. The van der Waals surface area contributed by atoms with E-state index in [1.54, 1.807) is 41.1 Å². The first-order chi connectivity index (χ1) is 18.5. The van der Waals surface area contributed by atoms with E-state index in [0.717, 1.165) is 29.9 Å². The molecule has 0 radical (unpaired) electrons. The van der Waals surface area contributed by atoms with Gasteiger partial charge in [0.05, 0.1) is 36.1 Å². The molecule has 2 fully saturated rings. The molecule has 2 amide bonds. The molecule has 194 valence electrons. The van der Waals surface area contributed by atoms with E-state index in [4.69, 9.17) is 14.7 Å². The van der Waals surface area contributed by atoms with Crippen LogP contribution in [0.1, 0.15) is 12.0 Å². The highest BCUT2D eigenvalue weighted by molar-refractivity contribution is 5.83. The Hall–Kier alpha value is -4.50. The Labute approximate surface area is 219 Å². The second kappa shape index (κ2) is 9.75. The molecule has 0 spiro atoms. The molecule has 6 rings (SSSR count). The van der Waals surface area contributed by atoms with E-state index in [1.165, 1.54) is 0 Å². The summed E-state index contributed by atoms with van der Waals surface area (Å²) in [5.41, 5.74) is 4.07. The summed E-state index contributed by atoms with van der Waals surface area (Å²) in [5, 5.41) is 18.3. The minimum absolute atomic E-state index is 0.0881. The van der Waals surface area contributed by atoms with Gasteiger partial charge in [0.25, 0.3) is 0 Å². The quantitative estimate of drug-likeness (QED) is 0.407. The predicted octanol–water partition coefficient (Wildman–Crippen LogP) is 2.03. The molecule has 12 heteroatoms. The third-order valence-corrected chi connectivity index (χ3v) is 7.26. The number of methoxy groups -OCH3 is 1. The number of rotatable bonds is 4. The molecular formula is C26H28N10O2. The number of amides is 2. The smallest absolute Gasteiger partial charge is 0.320 e. The molecule has 0 aliphatic carbocycles. The molecule has 2 aliphatic heterocycles. The number of urea groups is 1. The van der Waals surface area contributed by atoms with Crippen LogP contribution >= 0.6 is 0 Å². The number of likely N-dealkylation sites (tertiary alicyclic amines) is 1. The molecule has 0 bridgehead atoms. The minimum Gasteiger partial charge on any atom is -0.380 e. The Morgan fingerprint density at radius 1 is 1.03 bits per heavy atom. The molecule has 2 aliphatic rings. The zero-order chi connectivity index (χ0) is 26.2. The van der Waals surface area contributed by atoms with Gasteiger partial charge >= 0.3 is 6.03 Å². The SMILES string of the molecule is CO[C@H]1CCN(C(=O)N2CCN(c3ccc(-c4nc(-c5cnn(C)c5)cn5ncc(C#N)c45)cn3)CC2)C1.